The Kier molecular flexibility index (Phi) is 7.04. The van der Waals surface area contributed by atoms with Gasteiger partial charge in [0.1, 0.15) is 6.61 Å². The van der Waals surface area contributed by atoms with Crippen LogP contribution in [-0.4, -0.2) is 62.7 Å². The lowest BCUT2D eigenvalue weighted by molar-refractivity contribution is -0.462. The van der Waals surface area contributed by atoms with Crippen LogP contribution < -0.4 is 5.14 Å². The van der Waals surface area contributed by atoms with Gasteiger partial charge in [-0.15, -0.1) is 0 Å². The molecule has 0 aromatic rings. The van der Waals surface area contributed by atoms with E-state index in [0.29, 0.717) is 0 Å². The molecule has 0 atom stereocenters. The second-order valence-electron chi connectivity index (χ2n) is 5.40. The summed E-state index contributed by atoms with van der Waals surface area (Å²) in [6.45, 7) is -3.61. The second-order valence-corrected chi connectivity index (χ2v) is 6.62. The summed E-state index contributed by atoms with van der Waals surface area (Å²) in [5.74, 6) is -57.9. The van der Waals surface area contributed by atoms with Gasteiger partial charge in [0.2, 0.25) is 0 Å². The highest BCUT2D eigenvalue weighted by Gasteiger charge is 2.95. The molecule has 2 N–H and O–H groups in total. The molecule has 0 amide bonds. The zero-order valence-electron chi connectivity index (χ0n) is 13.3. The molecule has 0 saturated carbocycles. The Bertz CT molecular complexity index is 770. The van der Waals surface area contributed by atoms with Crippen molar-refractivity contribution in [2.45, 2.75) is 47.6 Å². The van der Waals surface area contributed by atoms with Crippen LogP contribution in [0.2, 0.25) is 0 Å². The molecule has 0 fully saturated rings. The van der Waals surface area contributed by atoms with E-state index in [2.05, 4.69) is 9.32 Å². The van der Waals surface area contributed by atoms with E-state index in [0.717, 1.165) is 0 Å². The lowest BCUT2D eigenvalue weighted by Crippen LogP contribution is -2.74. The third-order valence-corrected chi connectivity index (χ3v) is 3.64. The standard InChI is InChI=1S/C9H4F17NO3S/c10-2(11,1-30-31(27,28)29)3(12,13)4(14,15)5(16,17)6(18,19)7(20,21)8(22,23)9(24,25)26/h1H2,(H2,27,28,29). The van der Waals surface area contributed by atoms with E-state index < -0.39 is 64.5 Å². The Morgan fingerprint density at radius 2 is 0.774 bits per heavy atom. The molecule has 22 heteroatoms. The van der Waals surface area contributed by atoms with Crippen molar-refractivity contribution in [3.8, 4) is 0 Å². The first kappa shape index (κ1) is 29.7. The summed E-state index contributed by atoms with van der Waals surface area (Å²) in [7, 11) is -5.72. The minimum Gasteiger partial charge on any atom is -0.252 e. The first-order valence-electron chi connectivity index (χ1n) is 6.34. The maximum absolute atomic E-state index is 13.2. The van der Waals surface area contributed by atoms with Crippen molar-refractivity contribution in [1.82, 2.24) is 0 Å². The van der Waals surface area contributed by atoms with Crippen LogP contribution in [-0.2, 0) is 14.5 Å². The predicted molar refractivity (Wildman–Crippen MR) is 59.7 cm³/mol. The van der Waals surface area contributed by atoms with Crippen molar-refractivity contribution in [2.24, 2.45) is 5.14 Å². The van der Waals surface area contributed by atoms with Gasteiger partial charge in [-0.05, 0) is 0 Å². The molecular formula is C9H4F17NO3S. The van der Waals surface area contributed by atoms with Gasteiger partial charge in [0.05, 0.1) is 0 Å². The molecule has 0 bridgehead atoms. The van der Waals surface area contributed by atoms with Crippen molar-refractivity contribution < 1.29 is 87.2 Å². The normalized spacial score (nSPS) is 16.6. The molecule has 31 heavy (non-hydrogen) atoms. The number of halogens is 17. The Morgan fingerprint density at radius 3 is 1.03 bits per heavy atom. The van der Waals surface area contributed by atoms with E-state index in [9.17, 15) is 83.1 Å². The predicted octanol–water partition coefficient (Wildman–Crippen LogP) is 4.22. The van der Waals surface area contributed by atoms with Crippen LogP contribution in [0.3, 0.4) is 0 Å². The fourth-order valence-corrected chi connectivity index (χ4v) is 1.76. The minimum atomic E-state index is -8.76. The second kappa shape index (κ2) is 7.35. The molecule has 4 nitrogen and oxygen atoms in total. The van der Waals surface area contributed by atoms with Gasteiger partial charge in [-0.25, -0.2) is 5.14 Å². The zero-order chi connectivity index (χ0) is 25.9. The summed E-state index contributed by atoms with van der Waals surface area (Å²) in [4.78, 5) is 0. The number of alkyl halides is 17. The Balaban J connectivity index is 6.62. The molecule has 0 unspecified atom stereocenters. The van der Waals surface area contributed by atoms with E-state index in [1.54, 1.807) is 0 Å². The number of hydrogen-bond donors (Lipinski definition) is 1. The highest BCUT2D eigenvalue weighted by molar-refractivity contribution is 7.84. The topological polar surface area (TPSA) is 69.4 Å². The van der Waals surface area contributed by atoms with Crippen molar-refractivity contribution >= 4 is 10.3 Å². The average Bonchev–Trinajstić information content (AvgIpc) is 2.50. The van der Waals surface area contributed by atoms with Gasteiger partial charge in [-0.3, -0.25) is 4.18 Å². The fraction of sp³-hybridized carbons (Fsp3) is 1.00. The van der Waals surface area contributed by atoms with Crippen LogP contribution in [0.25, 0.3) is 0 Å². The fourth-order valence-electron chi connectivity index (χ4n) is 1.44. The van der Waals surface area contributed by atoms with E-state index >= 15 is 0 Å². The molecule has 0 radical (unpaired) electrons. The summed E-state index contributed by atoms with van der Waals surface area (Å²) < 4.78 is 241. The van der Waals surface area contributed by atoms with E-state index in [4.69, 9.17) is 0 Å². The summed E-state index contributed by atoms with van der Waals surface area (Å²) in [5, 5.41) is 3.82. The third kappa shape index (κ3) is 4.33. The Morgan fingerprint density at radius 1 is 0.516 bits per heavy atom. The zero-order valence-corrected chi connectivity index (χ0v) is 14.2. The lowest BCUT2D eigenvalue weighted by atomic mass is 9.89. The largest absolute Gasteiger partial charge is 0.460 e. The SMILES string of the molecule is NS(=O)(=O)OCC(F)(F)C(F)(F)C(F)(F)C(F)(F)C(F)(F)C(F)(F)C(F)(F)C(F)(F)F. The Labute approximate surface area is 158 Å². The maximum Gasteiger partial charge on any atom is 0.460 e. The Hall–Kier alpha value is -1.32. The summed E-state index contributed by atoms with van der Waals surface area (Å²) in [6.07, 6.45) is -7.85. The molecule has 0 aliphatic carbocycles. The van der Waals surface area contributed by atoms with E-state index in [-0.39, 0.29) is 0 Å². The van der Waals surface area contributed by atoms with Gasteiger partial charge in [0.15, 0.2) is 0 Å². The smallest absolute Gasteiger partial charge is 0.252 e. The van der Waals surface area contributed by atoms with Gasteiger partial charge in [-0.1, -0.05) is 0 Å². The van der Waals surface area contributed by atoms with Crippen LogP contribution in [0.4, 0.5) is 74.6 Å². The first-order chi connectivity index (χ1) is 13.0. The highest BCUT2D eigenvalue weighted by Crippen LogP contribution is 2.63. The van der Waals surface area contributed by atoms with Gasteiger partial charge < -0.3 is 0 Å². The molecule has 0 saturated heterocycles. The summed E-state index contributed by atoms with van der Waals surface area (Å²) >= 11 is 0. The van der Waals surface area contributed by atoms with Gasteiger partial charge >= 0.3 is 57.9 Å². The van der Waals surface area contributed by atoms with Gasteiger partial charge in [0, 0.05) is 0 Å². The summed E-state index contributed by atoms with van der Waals surface area (Å²) in [5.41, 5.74) is 0. The molecule has 0 heterocycles. The lowest BCUT2D eigenvalue weighted by Gasteiger charge is -2.42. The first-order valence-corrected chi connectivity index (χ1v) is 7.81. The molecule has 0 aliphatic heterocycles. The van der Waals surface area contributed by atoms with Crippen LogP contribution >= 0.6 is 0 Å². The summed E-state index contributed by atoms with van der Waals surface area (Å²) in [6, 6.07) is 0. The van der Waals surface area contributed by atoms with Crippen molar-refractivity contribution in [2.75, 3.05) is 6.61 Å². The van der Waals surface area contributed by atoms with Crippen molar-refractivity contribution in [3.63, 3.8) is 0 Å². The number of nitrogens with two attached hydrogens (primary N) is 1. The molecule has 0 spiro atoms. The van der Waals surface area contributed by atoms with Crippen molar-refractivity contribution in [3.05, 3.63) is 0 Å². The molecule has 0 rings (SSSR count). The highest BCUT2D eigenvalue weighted by atomic mass is 32.2. The third-order valence-electron chi connectivity index (χ3n) is 3.19. The van der Waals surface area contributed by atoms with E-state index in [1.165, 1.54) is 0 Å². The van der Waals surface area contributed by atoms with Crippen LogP contribution in [0, 0.1) is 0 Å². The van der Waals surface area contributed by atoms with Gasteiger partial charge in [0.25, 0.3) is 0 Å². The average molecular weight is 529 g/mol. The maximum atomic E-state index is 13.2. The minimum absolute atomic E-state index is 2.68. The van der Waals surface area contributed by atoms with Crippen LogP contribution in [0.5, 0.6) is 0 Å². The van der Waals surface area contributed by atoms with Gasteiger partial charge in [-0.2, -0.15) is 83.1 Å². The monoisotopic (exact) mass is 529 g/mol. The number of hydrogen-bond acceptors (Lipinski definition) is 3. The van der Waals surface area contributed by atoms with E-state index in [1.807, 2.05) is 0 Å². The van der Waals surface area contributed by atoms with Crippen molar-refractivity contribution in [1.29, 1.82) is 0 Å². The molecule has 0 aromatic carbocycles. The molecule has 0 aromatic heterocycles. The molecule has 188 valence electrons. The number of rotatable bonds is 9. The van der Waals surface area contributed by atoms with Crippen LogP contribution in [0.15, 0.2) is 0 Å². The van der Waals surface area contributed by atoms with Crippen LogP contribution in [0.1, 0.15) is 0 Å². The quantitative estimate of drug-likeness (QED) is 0.456. The molecule has 0 aliphatic rings. The molecular weight excluding hydrogens is 525 g/mol.